The van der Waals surface area contributed by atoms with E-state index in [2.05, 4.69) is 32.8 Å². The fraction of sp³-hybridized carbons (Fsp3) is 0.500. The number of fused-ring (bicyclic) bond motifs is 1. The summed E-state index contributed by atoms with van der Waals surface area (Å²) in [6.07, 6.45) is 1.12. The number of aryl methyl sites for hydroxylation is 1. The first-order valence-electron chi connectivity index (χ1n) is 3.87. The molecular weight excluding hydrogens is 236 g/mol. The van der Waals surface area contributed by atoms with Crippen molar-refractivity contribution < 1.29 is 0 Å². The molecule has 0 aromatic carbocycles. The number of nitrogens with zero attached hydrogens (tertiary/aromatic N) is 2. The molecule has 1 aliphatic rings. The molecule has 0 aliphatic carbocycles. The normalized spacial score (nSPS) is 15.8. The van der Waals surface area contributed by atoms with Crippen LogP contribution < -0.4 is 0 Å². The summed E-state index contributed by atoms with van der Waals surface area (Å²) in [6.45, 7) is 2.06. The van der Waals surface area contributed by atoms with Crippen LogP contribution in [0.15, 0.2) is 4.73 Å². The first-order chi connectivity index (χ1) is 5.77. The molecule has 1 aromatic rings. The minimum absolute atomic E-state index is 0.723. The van der Waals surface area contributed by atoms with Gasteiger partial charge in [-0.25, -0.2) is 9.97 Å². The Morgan fingerprint density at radius 2 is 2.25 bits per heavy atom. The predicted molar refractivity (Wildman–Crippen MR) is 54.3 cm³/mol. The molecule has 0 atom stereocenters. The van der Waals surface area contributed by atoms with Crippen molar-refractivity contribution in [2.24, 2.45) is 0 Å². The average Bonchev–Trinajstić information content (AvgIpc) is 2.04. The van der Waals surface area contributed by atoms with Crippen molar-refractivity contribution in [2.45, 2.75) is 19.1 Å². The third-order valence-electron chi connectivity index (χ3n) is 2.01. The molecule has 64 valence electrons. The second kappa shape index (κ2) is 3.34. The summed E-state index contributed by atoms with van der Waals surface area (Å²) in [6, 6.07) is 0. The van der Waals surface area contributed by atoms with Crippen LogP contribution >= 0.6 is 27.7 Å². The van der Waals surface area contributed by atoms with E-state index in [1.54, 1.807) is 0 Å². The van der Waals surface area contributed by atoms with Crippen LogP contribution in [0.2, 0.25) is 0 Å². The first-order valence-corrected chi connectivity index (χ1v) is 5.82. The highest BCUT2D eigenvalue weighted by Gasteiger charge is 2.14. The lowest BCUT2D eigenvalue weighted by atomic mass is 10.1. The summed E-state index contributed by atoms with van der Waals surface area (Å²) in [5.41, 5.74) is 3.70. The van der Waals surface area contributed by atoms with Crippen molar-refractivity contribution in [1.29, 1.82) is 0 Å². The van der Waals surface area contributed by atoms with Gasteiger partial charge in [0.25, 0.3) is 0 Å². The maximum atomic E-state index is 4.36. The quantitative estimate of drug-likeness (QED) is 0.656. The largest absolute Gasteiger partial charge is 0.227 e. The second-order valence-corrected chi connectivity index (χ2v) is 4.62. The topological polar surface area (TPSA) is 25.8 Å². The summed E-state index contributed by atoms with van der Waals surface area (Å²) in [5, 5.41) is 0. The van der Waals surface area contributed by atoms with Crippen molar-refractivity contribution in [1.82, 2.24) is 9.97 Å². The molecule has 2 nitrogen and oxygen atoms in total. The van der Waals surface area contributed by atoms with Gasteiger partial charge < -0.3 is 0 Å². The van der Waals surface area contributed by atoms with Gasteiger partial charge in [-0.2, -0.15) is 11.8 Å². The summed E-state index contributed by atoms with van der Waals surface area (Å²) >= 11 is 5.25. The predicted octanol–water partition coefficient (Wildman–Crippen LogP) is 2.34. The van der Waals surface area contributed by atoms with Crippen LogP contribution in [0.4, 0.5) is 0 Å². The minimum Gasteiger partial charge on any atom is -0.227 e. The number of thioether (sulfide) groups is 1. The van der Waals surface area contributed by atoms with Gasteiger partial charge in [-0.15, -0.1) is 0 Å². The van der Waals surface area contributed by atoms with Gasteiger partial charge in [0.2, 0.25) is 0 Å². The lowest BCUT2D eigenvalue weighted by molar-refractivity contribution is 0.914. The molecule has 4 heteroatoms. The van der Waals surface area contributed by atoms with Crippen molar-refractivity contribution in [3.63, 3.8) is 0 Å². The zero-order valence-corrected chi connectivity index (χ0v) is 9.20. The molecule has 0 fully saturated rings. The van der Waals surface area contributed by atoms with Gasteiger partial charge in [0.15, 0.2) is 4.73 Å². The Morgan fingerprint density at radius 1 is 1.42 bits per heavy atom. The molecule has 1 aromatic heterocycles. The SMILES string of the molecule is Cc1nc(Br)nc2c1CCSC2. The smallest absolute Gasteiger partial charge is 0.197 e. The molecule has 2 rings (SSSR count). The molecule has 0 saturated carbocycles. The van der Waals surface area contributed by atoms with Crippen molar-refractivity contribution >= 4 is 27.7 Å². The van der Waals surface area contributed by atoms with Crippen LogP contribution in [-0.2, 0) is 12.2 Å². The summed E-state index contributed by atoms with van der Waals surface area (Å²) < 4.78 is 0.723. The number of halogens is 1. The average molecular weight is 245 g/mol. The maximum absolute atomic E-state index is 4.36. The Kier molecular flexibility index (Phi) is 2.37. The molecule has 0 amide bonds. The van der Waals surface area contributed by atoms with E-state index in [4.69, 9.17) is 0 Å². The van der Waals surface area contributed by atoms with Crippen LogP contribution in [0.1, 0.15) is 17.0 Å². The summed E-state index contributed by atoms with van der Waals surface area (Å²) in [5.74, 6) is 2.25. The number of hydrogen-bond acceptors (Lipinski definition) is 3. The summed E-state index contributed by atoms with van der Waals surface area (Å²) in [7, 11) is 0. The van der Waals surface area contributed by atoms with Gasteiger partial charge in [0, 0.05) is 11.4 Å². The molecule has 0 spiro atoms. The van der Waals surface area contributed by atoms with Crippen molar-refractivity contribution in [3.05, 3.63) is 21.7 Å². The molecule has 0 radical (unpaired) electrons. The van der Waals surface area contributed by atoms with E-state index in [1.807, 2.05) is 11.8 Å². The maximum Gasteiger partial charge on any atom is 0.197 e. The van der Waals surface area contributed by atoms with Gasteiger partial charge in [0.05, 0.1) is 5.69 Å². The lowest BCUT2D eigenvalue weighted by Crippen LogP contribution is -2.09. The molecule has 12 heavy (non-hydrogen) atoms. The number of rotatable bonds is 0. The Balaban J connectivity index is 2.53. The highest BCUT2D eigenvalue weighted by Crippen LogP contribution is 2.25. The van der Waals surface area contributed by atoms with E-state index in [1.165, 1.54) is 17.0 Å². The molecule has 0 saturated heterocycles. The van der Waals surface area contributed by atoms with Gasteiger partial charge in [-0.3, -0.25) is 0 Å². The molecular formula is C8H9BrN2S. The fourth-order valence-corrected chi connectivity index (χ4v) is 2.81. The van der Waals surface area contributed by atoms with E-state index in [0.29, 0.717) is 0 Å². The fourth-order valence-electron chi connectivity index (χ4n) is 1.41. The standard InChI is InChI=1S/C8H9BrN2S/c1-5-6-2-3-12-4-7(6)11-8(9)10-5/h2-4H2,1H3. The van der Waals surface area contributed by atoms with Gasteiger partial charge in [0.1, 0.15) is 0 Å². The van der Waals surface area contributed by atoms with Crippen LogP contribution in [0, 0.1) is 6.92 Å². The zero-order chi connectivity index (χ0) is 8.55. The first kappa shape index (κ1) is 8.51. The van der Waals surface area contributed by atoms with Gasteiger partial charge in [-0.1, -0.05) is 0 Å². The summed E-state index contributed by atoms with van der Waals surface area (Å²) in [4.78, 5) is 8.64. The molecule has 0 unspecified atom stereocenters. The van der Waals surface area contributed by atoms with Gasteiger partial charge >= 0.3 is 0 Å². The second-order valence-electron chi connectivity index (χ2n) is 2.81. The van der Waals surface area contributed by atoms with E-state index in [0.717, 1.165) is 22.6 Å². The van der Waals surface area contributed by atoms with E-state index >= 15 is 0 Å². The minimum atomic E-state index is 0.723. The molecule has 1 aliphatic heterocycles. The zero-order valence-electron chi connectivity index (χ0n) is 6.80. The number of hydrogen-bond donors (Lipinski definition) is 0. The highest BCUT2D eigenvalue weighted by atomic mass is 79.9. The Morgan fingerprint density at radius 3 is 3.08 bits per heavy atom. The van der Waals surface area contributed by atoms with Crippen molar-refractivity contribution in [2.75, 3.05) is 5.75 Å². The van der Waals surface area contributed by atoms with E-state index in [-0.39, 0.29) is 0 Å². The van der Waals surface area contributed by atoms with Crippen LogP contribution in [0.5, 0.6) is 0 Å². The van der Waals surface area contributed by atoms with Crippen molar-refractivity contribution in [3.8, 4) is 0 Å². The third kappa shape index (κ3) is 1.50. The molecule has 0 bridgehead atoms. The Hall–Kier alpha value is -0.0900. The monoisotopic (exact) mass is 244 g/mol. The van der Waals surface area contributed by atoms with E-state index in [9.17, 15) is 0 Å². The molecule has 2 heterocycles. The number of aromatic nitrogens is 2. The lowest BCUT2D eigenvalue weighted by Gasteiger charge is -2.15. The Labute approximate surface area is 84.3 Å². The van der Waals surface area contributed by atoms with Crippen LogP contribution in [-0.4, -0.2) is 15.7 Å². The Bertz CT molecular complexity index is 314. The third-order valence-corrected chi connectivity index (χ3v) is 3.33. The van der Waals surface area contributed by atoms with E-state index < -0.39 is 0 Å². The van der Waals surface area contributed by atoms with Gasteiger partial charge in [-0.05, 0) is 40.6 Å². The highest BCUT2D eigenvalue weighted by molar-refractivity contribution is 9.10. The van der Waals surface area contributed by atoms with Crippen LogP contribution in [0.25, 0.3) is 0 Å². The molecule has 0 N–H and O–H groups in total. The van der Waals surface area contributed by atoms with Crippen LogP contribution in [0.3, 0.4) is 0 Å².